The van der Waals surface area contributed by atoms with E-state index in [0.29, 0.717) is 28.6 Å². The molecule has 1 fully saturated rings. The molecule has 0 unspecified atom stereocenters. The maximum Gasteiger partial charge on any atom is 0.238 e. The third-order valence-corrected chi connectivity index (χ3v) is 4.99. The zero-order valence-corrected chi connectivity index (χ0v) is 16.6. The summed E-state index contributed by atoms with van der Waals surface area (Å²) in [5.74, 6) is 0.506. The summed E-state index contributed by atoms with van der Waals surface area (Å²) >= 11 is 6.01. The number of nitrogens with zero attached hydrogens (tertiary/aromatic N) is 3. The van der Waals surface area contributed by atoms with Crippen molar-refractivity contribution in [3.63, 3.8) is 0 Å². The van der Waals surface area contributed by atoms with E-state index in [2.05, 4.69) is 21.2 Å². The summed E-state index contributed by atoms with van der Waals surface area (Å²) in [4.78, 5) is 16.9. The molecule has 1 amide bonds. The lowest BCUT2D eigenvalue weighted by atomic mass is 10.1. The number of hydrogen-bond acceptors (Lipinski definition) is 5. The van der Waals surface area contributed by atoms with Gasteiger partial charge < -0.3 is 10.1 Å². The first kappa shape index (κ1) is 20.2. The molecule has 0 spiro atoms. The topological polar surface area (TPSA) is 68.6 Å². The van der Waals surface area contributed by atoms with E-state index < -0.39 is 0 Å². The fraction of sp³-hybridized carbons (Fsp3) is 0.333. The van der Waals surface area contributed by atoms with Crippen LogP contribution in [0.1, 0.15) is 11.1 Å². The van der Waals surface area contributed by atoms with Crippen LogP contribution in [0.25, 0.3) is 0 Å². The van der Waals surface area contributed by atoms with Crippen LogP contribution in [0.2, 0.25) is 5.02 Å². The molecule has 6 nitrogen and oxygen atoms in total. The Labute approximate surface area is 170 Å². The molecule has 1 N–H and O–H groups in total. The van der Waals surface area contributed by atoms with Crippen LogP contribution < -0.4 is 10.1 Å². The lowest BCUT2D eigenvalue weighted by Gasteiger charge is -2.34. The number of hydrogen-bond donors (Lipinski definition) is 1. The number of benzene rings is 2. The third-order valence-electron chi connectivity index (χ3n) is 4.76. The summed E-state index contributed by atoms with van der Waals surface area (Å²) in [5, 5.41) is 12.3. The van der Waals surface area contributed by atoms with Crippen LogP contribution in [0, 0.1) is 11.3 Å². The summed E-state index contributed by atoms with van der Waals surface area (Å²) < 4.78 is 5.26. The van der Waals surface area contributed by atoms with Gasteiger partial charge in [-0.05, 0) is 35.9 Å². The van der Waals surface area contributed by atoms with Crippen LogP contribution in [-0.4, -0.2) is 55.5 Å². The van der Waals surface area contributed by atoms with Crippen LogP contribution in [0.3, 0.4) is 0 Å². The van der Waals surface area contributed by atoms with E-state index in [1.54, 1.807) is 25.3 Å². The summed E-state index contributed by atoms with van der Waals surface area (Å²) in [6, 6.07) is 15.0. The van der Waals surface area contributed by atoms with Gasteiger partial charge in [-0.15, -0.1) is 0 Å². The Balaban J connectivity index is 1.46. The number of carbonyl (C=O) groups excluding carboxylic acids is 1. The molecule has 1 heterocycles. The van der Waals surface area contributed by atoms with E-state index in [9.17, 15) is 4.79 Å². The van der Waals surface area contributed by atoms with Crippen LogP contribution in [-0.2, 0) is 11.3 Å². The molecule has 0 saturated carbocycles. The van der Waals surface area contributed by atoms with Crippen molar-refractivity contribution in [1.82, 2.24) is 9.80 Å². The molecule has 2 aromatic rings. The Hall–Kier alpha value is -2.59. The van der Waals surface area contributed by atoms with Gasteiger partial charge >= 0.3 is 0 Å². The average molecular weight is 399 g/mol. The smallest absolute Gasteiger partial charge is 0.238 e. The summed E-state index contributed by atoms with van der Waals surface area (Å²) in [6.45, 7) is 4.64. The number of halogens is 1. The number of nitrogens with one attached hydrogen (secondary N) is 1. The molecule has 28 heavy (non-hydrogen) atoms. The molecule has 0 radical (unpaired) electrons. The van der Waals surface area contributed by atoms with E-state index in [0.717, 1.165) is 32.7 Å². The van der Waals surface area contributed by atoms with Crippen molar-refractivity contribution in [3.05, 3.63) is 58.6 Å². The highest BCUT2D eigenvalue weighted by Gasteiger charge is 2.19. The molecule has 0 aliphatic carbocycles. The summed E-state index contributed by atoms with van der Waals surface area (Å²) in [7, 11) is 1.56. The SMILES string of the molecule is COc1ccc(Cl)cc1NC(=O)CN1CCN(Cc2ccc(C#N)cc2)CC1. The number of nitriles is 1. The molecule has 0 bridgehead atoms. The van der Waals surface area contributed by atoms with Crippen molar-refractivity contribution in [2.24, 2.45) is 0 Å². The van der Waals surface area contributed by atoms with Gasteiger partial charge in [0, 0.05) is 37.7 Å². The van der Waals surface area contributed by atoms with E-state index in [1.165, 1.54) is 5.56 Å². The van der Waals surface area contributed by atoms with Crippen LogP contribution in [0.5, 0.6) is 5.75 Å². The Morgan fingerprint density at radius 2 is 1.82 bits per heavy atom. The standard InChI is InChI=1S/C21H23ClN4O2/c1-28-20-7-6-18(22)12-19(20)24-21(27)15-26-10-8-25(9-11-26)14-17-4-2-16(13-23)3-5-17/h2-7,12H,8-11,14-15H2,1H3,(H,24,27). The number of methoxy groups -OCH3 is 1. The van der Waals surface area contributed by atoms with Crippen molar-refractivity contribution >= 4 is 23.2 Å². The average Bonchev–Trinajstić information content (AvgIpc) is 2.70. The second-order valence-electron chi connectivity index (χ2n) is 6.75. The van der Waals surface area contributed by atoms with Crippen molar-refractivity contribution in [3.8, 4) is 11.8 Å². The van der Waals surface area contributed by atoms with E-state index in [1.807, 2.05) is 24.3 Å². The van der Waals surface area contributed by atoms with Gasteiger partial charge in [-0.3, -0.25) is 14.6 Å². The van der Waals surface area contributed by atoms with Crippen molar-refractivity contribution in [2.75, 3.05) is 45.2 Å². The lowest BCUT2D eigenvalue weighted by molar-refractivity contribution is -0.117. The molecule has 0 aromatic heterocycles. The Bertz CT molecular complexity index is 856. The van der Waals surface area contributed by atoms with Crippen molar-refractivity contribution < 1.29 is 9.53 Å². The first-order valence-electron chi connectivity index (χ1n) is 9.14. The highest BCUT2D eigenvalue weighted by molar-refractivity contribution is 6.31. The number of ether oxygens (including phenoxy) is 1. The number of piperazine rings is 1. The first-order valence-corrected chi connectivity index (χ1v) is 9.52. The first-order chi connectivity index (χ1) is 13.6. The minimum absolute atomic E-state index is 0.0823. The predicted octanol–water partition coefficient (Wildman–Crippen LogP) is 2.98. The van der Waals surface area contributed by atoms with Gasteiger partial charge in [0.15, 0.2) is 0 Å². The van der Waals surface area contributed by atoms with Crippen LogP contribution in [0.15, 0.2) is 42.5 Å². The van der Waals surface area contributed by atoms with Crippen molar-refractivity contribution in [2.45, 2.75) is 6.54 Å². The molecule has 146 valence electrons. The van der Waals surface area contributed by atoms with Gasteiger partial charge in [-0.25, -0.2) is 0 Å². The predicted molar refractivity (Wildman–Crippen MR) is 110 cm³/mol. The Morgan fingerprint density at radius 3 is 2.46 bits per heavy atom. The van der Waals surface area contributed by atoms with E-state index >= 15 is 0 Å². The number of rotatable bonds is 6. The number of anilines is 1. The number of carbonyl (C=O) groups is 1. The van der Waals surface area contributed by atoms with Crippen LogP contribution >= 0.6 is 11.6 Å². The fourth-order valence-corrected chi connectivity index (χ4v) is 3.39. The summed E-state index contributed by atoms with van der Waals surface area (Å²) in [6.07, 6.45) is 0. The maximum absolute atomic E-state index is 12.4. The lowest BCUT2D eigenvalue weighted by Crippen LogP contribution is -2.48. The molecular weight excluding hydrogens is 376 g/mol. The van der Waals surface area contributed by atoms with Crippen LogP contribution in [0.4, 0.5) is 5.69 Å². The molecule has 0 atom stereocenters. The normalized spacial score (nSPS) is 15.0. The molecule has 1 saturated heterocycles. The fourth-order valence-electron chi connectivity index (χ4n) is 3.22. The van der Waals surface area contributed by atoms with Gasteiger partial charge in [0.2, 0.25) is 5.91 Å². The van der Waals surface area contributed by atoms with E-state index in [-0.39, 0.29) is 5.91 Å². The van der Waals surface area contributed by atoms with Gasteiger partial charge in [0.1, 0.15) is 5.75 Å². The third kappa shape index (κ3) is 5.46. The van der Waals surface area contributed by atoms with Gasteiger partial charge in [0.25, 0.3) is 0 Å². The highest BCUT2D eigenvalue weighted by Crippen LogP contribution is 2.27. The quantitative estimate of drug-likeness (QED) is 0.810. The van der Waals surface area contributed by atoms with Gasteiger partial charge in [-0.1, -0.05) is 23.7 Å². The minimum atomic E-state index is -0.0823. The Morgan fingerprint density at radius 1 is 1.14 bits per heavy atom. The zero-order valence-electron chi connectivity index (χ0n) is 15.8. The molecule has 1 aliphatic rings. The molecule has 1 aliphatic heterocycles. The van der Waals surface area contributed by atoms with E-state index in [4.69, 9.17) is 21.6 Å². The second-order valence-corrected chi connectivity index (χ2v) is 7.19. The molecule has 3 rings (SSSR count). The monoisotopic (exact) mass is 398 g/mol. The molecule has 7 heteroatoms. The maximum atomic E-state index is 12.4. The van der Waals surface area contributed by atoms with Gasteiger partial charge in [-0.2, -0.15) is 5.26 Å². The van der Waals surface area contributed by atoms with Crippen molar-refractivity contribution in [1.29, 1.82) is 5.26 Å². The van der Waals surface area contributed by atoms with Gasteiger partial charge in [0.05, 0.1) is 31.0 Å². The Kier molecular flexibility index (Phi) is 6.88. The minimum Gasteiger partial charge on any atom is -0.495 e. The molecule has 2 aromatic carbocycles. The largest absolute Gasteiger partial charge is 0.495 e. The second kappa shape index (κ2) is 9.56. The molecular formula is C21H23ClN4O2. The number of amides is 1. The highest BCUT2D eigenvalue weighted by atomic mass is 35.5. The summed E-state index contributed by atoms with van der Waals surface area (Å²) in [5.41, 5.74) is 2.45. The zero-order chi connectivity index (χ0) is 19.9.